The SMILES string of the molecule is COc1ccc2c(CCC(=O)OC(C)(C)C)ccc(NC(=O)C3CCN(CCc4ccc5c(c4)OCCO5)CC3)c2n1. The van der Waals surface area contributed by atoms with E-state index in [1.165, 1.54) is 5.56 Å². The molecule has 2 aliphatic heterocycles. The van der Waals surface area contributed by atoms with Gasteiger partial charge in [0.1, 0.15) is 18.8 Å². The van der Waals surface area contributed by atoms with Crippen LogP contribution in [0.4, 0.5) is 5.69 Å². The average molecular weight is 576 g/mol. The fraction of sp³-hybridized carbons (Fsp3) is 0.485. The minimum atomic E-state index is -0.523. The highest BCUT2D eigenvalue weighted by Crippen LogP contribution is 2.32. The largest absolute Gasteiger partial charge is 0.486 e. The first-order valence-corrected chi connectivity index (χ1v) is 14.8. The fourth-order valence-electron chi connectivity index (χ4n) is 5.50. The number of esters is 1. The Kier molecular flexibility index (Phi) is 9.16. The molecule has 0 aliphatic carbocycles. The molecule has 224 valence electrons. The molecule has 2 aliphatic rings. The molecule has 1 aromatic heterocycles. The molecule has 0 spiro atoms. The molecule has 2 aromatic carbocycles. The van der Waals surface area contributed by atoms with Crippen LogP contribution in [0.25, 0.3) is 10.9 Å². The number of anilines is 1. The zero-order chi connectivity index (χ0) is 29.7. The molecule has 0 radical (unpaired) electrons. The van der Waals surface area contributed by atoms with Gasteiger partial charge in [-0.15, -0.1) is 0 Å². The zero-order valence-corrected chi connectivity index (χ0v) is 25.0. The van der Waals surface area contributed by atoms with Crippen LogP contribution in [0.5, 0.6) is 17.4 Å². The number of piperidine rings is 1. The van der Waals surface area contributed by atoms with Gasteiger partial charge in [-0.3, -0.25) is 9.59 Å². The van der Waals surface area contributed by atoms with Gasteiger partial charge in [-0.05, 0) is 94.9 Å². The molecule has 42 heavy (non-hydrogen) atoms. The number of hydrogen-bond donors (Lipinski definition) is 1. The minimum absolute atomic E-state index is 0.00825. The minimum Gasteiger partial charge on any atom is -0.486 e. The molecule has 0 saturated carbocycles. The van der Waals surface area contributed by atoms with Crippen molar-refractivity contribution in [2.45, 2.75) is 58.5 Å². The van der Waals surface area contributed by atoms with Crippen molar-refractivity contribution in [2.75, 3.05) is 45.3 Å². The van der Waals surface area contributed by atoms with Gasteiger partial charge in [0.25, 0.3) is 0 Å². The third-order valence-electron chi connectivity index (χ3n) is 7.69. The smallest absolute Gasteiger partial charge is 0.306 e. The number of carbonyl (C=O) groups excluding carboxylic acids is 2. The molecule has 3 heterocycles. The number of nitrogens with zero attached hydrogens (tertiary/aromatic N) is 2. The van der Waals surface area contributed by atoms with Gasteiger partial charge in [-0.25, -0.2) is 4.98 Å². The van der Waals surface area contributed by atoms with Crippen molar-refractivity contribution in [3.63, 3.8) is 0 Å². The number of fused-ring (bicyclic) bond motifs is 2. The average Bonchev–Trinajstić information content (AvgIpc) is 2.98. The van der Waals surface area contributed by atoms with Crippen molar-refractivity contribution in [3.05, 3.63) is 53.6 Å². The Labute approximate surface area is 247 Å². The molecule has 9 heteroatoms. The molecule has 0 bridgehead atoms. The summed E-state index contributed by atoms with van der Waals surface area (Å²) in [7, 11) is 1.57. The number of rotatable bonds is 9. The summed E-state index contributed by atoms with van der Waals surface area (Å²) in [6.45, 7) is 9.45. The summed E-state index contributed by atoms with van der Waals surface area (Å²) < 4.78 is 22.2. The highest BCUT2D eigenvalue weighted by molar-refractivity contribution is 6.02. The van der Waals surface area contributed by atoms with Crippen LogP contribution in [0, 0.1) is 5.92 Å². The van der Waals surface area contributed by atoms with Crippen molar-refractivity contribution in [3.8, 4) is 17.4 Å². The molecular weight excluding hydrogens is 534 g/mol. The molecule has 9 nitrogen and oxygen atoms in total. The first kappa shape index (κ1) is 29.6. The number of methoxy groups -OCH3 is 1. The fourth-order valence-corrected chi connectivity index (χ4v) is 5.50. The van der Waals surface area contributed by atoms with E-state index in [0.717, 1.165) is 61.3 Å². The summed E-state index contributed by atoms with van der Waals surface area (Å²) in [4.78, 5) is 32.7. The van der Waals surface area contributed by atoms with Gasteiger partial charge in [0.2, 0.25) is 11.8 Å². The second-order valence-corrected chi connectivity index (χ2v) is 11.9. The van der Waals surface area contributed by atoms with E-state index in [2.05, 4.69) is 27.3 Å². The Hall–Kier alpha value is -3.85. The van der Waals surface area contributed by atoms with Gasteiger partial charge in [-0.2, -0.15) is 0 Å². The van der Waals surface area contributed by atoms with E-state index in [-0.39, 0.29) is 24.2 Å². The lowest BCUT2D eigenvalue weighted by Crippen LogP contribution is -2.39. The van der Waals surface area contributed by atoms with Gasteiger partial charge in [-0.1, -0.05) is 12.1 Å². The summed E-state index contributed by atoms with van der Waals surface area (Å²) in [6, 6.07) is 13.7. The van der Waals surface area contributed by atoms with Gasteiger partial charge in [0, 0.05) is 30.3 Å². The van der Waals surface area contributed by atoms with Crippen LogP contribution in [0.1, 0.15) is 51.2 Å². The summed E-state index contributed by atoms with van der Waals surface area (Å²) >= 11 is 0. The molecule has 1 saturated heterocycles. The molecule has 1 amide bonds. The van der Waals surface area contributed by atoms with E-state index in [0.29, 0.717) is 36.7 Å². The number of ether oxygens (including phenoxy) is 4. The molecule has 1 fully saturated rings. The maximum Gasteiger partial charge on any atom is 0.306 e. The maximum atomic E-state index is 13.3. The number of hydrogen-bond acceptors (Lipinski definition) is 8. The first-order valence-electron chi connectivity index (χ1n) is 14.8. The third kappa shape index (κ3) is 7.50. The molecule has 5 rings (SSSR count). The molecule has 0 atom stereocenters. The lowest BCUT2D eigenvalue weighted by molar-refractivity contribution is -0.154. The quantitative estimate of drug-likeness (QED) is 0.349. The van der Waals surface area contributed by atoms with E-state index in [9.17, 15) is 9.59 Å². The van der Waals surface area contributed by atoms with Gasteiger partial charge in [0.15, 0.2) is 11.5 Å². The number of pyridine rings is 1. The predicted octanol–water partition coefficient (Wildman–Crippen LogP) is 5.18. The normalized spacial score (nSPS) is 15.8. The first-order chi connectivity index (χ1) is 20.2. The predicted molar refractivity (Wildman–Crippen MR) is 161 cm³/mol. The highest BCUT2D eigenvalue weighted by atomic mass is 16.6. The van der Waals surface area contributed by atoms with Crippen LogP contribution in [0.2, 0.25) is 0 Å². The number of carbonyl (C=O) groups is 2. The van der Waals surface area contributed by atoms with Crippen LogP contribution < -0.4 is 19.5 Å². The van der Waals surface area contributed by atoms with Crippen molar-refractivity contribution >= 4 is 28.5 Å². The number of aromatic nitrogens is 1. The Morgan fingerprint density at radius 3 is 2.50 bits per heavy atom. The van der Waals surface area contributed by atoms with Gasteiger partial charge < -0.3 is 29.2 Å². The number of aryl methyl sites for hydroxylation is 1. The van der Waals surface area contributed by atoms with Crippen molar-refractivity contribution < 1.29 is 28.5 Å². The molecular formula is C33H41N3O6. The Bertz CT molecular complexity index is 1430. The van der Waals surface area contributed by atoms with Crippen molar-refractivity contribution in [1.82, 2.24) is 9.88 Å². The third-order valence-corrected chi connectivity index (χ3v) is 7.69. The summed E-state index contributed by atoms with van der Waals surface area (Å²) in [5.74, 6) is 1.80. The topological polar surface area (TPSA) is 99.2 Å². The van der Waals surface area contributed by atoms with Gasteiger partial charge in [0.05, 0.1) is 18.3 Å². The lowest BCUT2D eigenvalue weighted by Gasteiger charge is -2.31. The van der Waals surface area contributed by atoms with Crippen LogP contribution >= 0.6 is 0 Å². The van der Waals surface area contributed by atoms with Crippen molar-refractivity contribution in [1.29, 1.82) is 0 Å². The molecule has 3 aromatic rings. The lowest BCUT2D eigenvalue weighted by atomic mass is 9.95. The Morgan fingerprint density at radius 1 is 1.00 bits per heavy atom. The summed E-state index contributed by atoms with van der Waals surface area (Å²) in [6.07, 6.45) is 3.30. The number of benzene rings is 2. The summed E-state index contributed by atoms with van der Waals surface area (Å²) in [5, 5.41) is 4.02. The second kappa shape index (κ2) is 13.0. The van der Waals surface area contributed by atoms with Crippen molar-refractivity contribution in [2.24, 2.45) is 5.92 Å². The number of amides is 1. The monoisotopic (exact) mass is 575 g/mol. The van der Waals surface area contributed by atoms with E-state index in [1.54, 1.807) is 13.2 Å². The van der Waals surface area contributed by atoms with Gasteiger partial charge >= 0.3 is 5.97 Å². The van der Waals surface area contributed by atoms with Crippen LogP contribution in [0.15, 0.2) is 42.5 Å². The van der Waals surface area contributed by atoms with Crippen LogP contribution in [-0.2, 0) is 27.2 Å². The van der Waals surface area contributed by atoms with E-state index < -0.39 is 5.60 Å². The van der Waals surface area contributed by atoms with Crippen LogP contribution in [-0.4, -0.2) is 67.3 Å². The van der Waals surface area contributed by atoms with E-state index in [4.69, 9.17) is 18.9 Å². The number of likely N-dealkylation sites (tertiary alicyclic amines) is 1. The Morgan fingerprint density at radius 2 is 1.76 bits per heavy atom. The van der Waals surface area contributed by atoms with E-state index in [1.807, 2.05) is 45.0 Å². The Balaban J connectivity index is 1.18. The maximum absolute atomic E-state index is 13.3. The standard InChI is InChI=1S/C33H41N3O6/c1-33(2,3)42-30(37)12-7-23-6-9-26(31-25(23)8-11-29(35-31)39-4)34-32(38)24-14-17-36(18-15-24)16-13-22-5-10-27-28(21-22)41-20-19-40-27/h5-6,8-11,21,24H,7,12-20H2,1-4H3,(H,34,38). The molecule has 1 N–H and O–H groups in total. The highest BCUT2D eigenvalue weighted by Gasteiger charge is 2.26. The number of nitrogens with one attached hydrogen (secondary N) is 1. The van der Waals surface area contributed by atoms with Crippen LogP contribution in [0.3, 0.4) is 0 Å². The van der Waals surface area contributed by atoms with E-state index >= 15 is 0 Å². The zero-order valence-electron chi connectivity index (χ0n) is 25.0. The molecule has 0 unspecified atom stereocenters. The summed E-state index contributed by atoms with van der Waals surface area (Å²) in [5.41, 5.74) is 2.97. The second-order valence-electron chi connectivity index (χ2n) is 11.9.